The lowest BCUT2D eigenvalue weighted by Gasteiger charge is -2.06. The van der Waals surface area contributed by atoms with E-state index in [0.717, 1.165) is 22.4 Å². The highest BCUT2D eigenvalue weighted by Crippen LogP contribution is 2.21. The molecule has 0 aliphatic carbocycles. The third-order valence-corrected chi connectivity index (χ3v) is 3.15. The molecule has 0 saturated carbocycles. The molecule has 0 amide bonds. The summed E-state index contributed by atoms with van der Waals surface area (Å²) in [4.78, 5) is 4.00. The lowest BCUT2D eigenvalue weighted by Crippen LogP contribution is -2.04. The van der Waals surface area contributed by atoms with E-state index >= 15 is 0 Å². The van der Waals surface area contributed by atoms with Crippen molar-refractivity contribution in [2.75, 3.05) is 5.73 Å². The van der Waals surface area contributed by atoms with Gasteiger partial charge in [0.25, 0.3) is 0 Å². The third kappa shape index (κ3) is 2.35. The molecule has 6 heteroatoms. The zero-order valence-electron chi connectivity index (χ0n) is 11.1. The van der Waals surface area contributed by atoms with Crippen LogP contribution < -0.4 is 5.73 Å². The van der Waals surface area contributed by atoms with Crippen LogP contribution in [0.4, 0.5) is 5.69 Å². The normalized spacial score (nSPS) is 10.7. The Morgan fingerprint density at radius 1 is 1.15 bits per heavy atom. The minimum atomic E-state index is 0.596. The Hall–Kier alpha value is -2.76. The van der Waals surface area contributed by atoms with Gasteiger partial charge in [-0.25, -0.2) is 4.68 Å². The van der Waals surface area contributed by atoms with Crippen molar-refractivity contribution in [3.8, 4) is 11.4 Å². The predicted molar refractivity (Wildman–Crippen MR) is 75.7 cm³/mol. The van der Waals surface area contributed by atoms with E-state index in [2.05, 4.69) is 20.5 Å². The second-order valence-corrected chi connectivity index (χ2v) is 4.59. The number of anilines is 1. The Balaban J connectivity index is 1.95. The van der Waals surface area contributed by atoms with Gasteiger partial charge in [-0.1, -0.05) is 12.1 Å². The Labute approximate surface area is 116 Å². The lowest BCUT2D eigenvalue weighted by atomic mass is 10.1. The molecule has 100 valence electrons. The zero-order chi connectivity index (χ0) is 13.9. The summed E-state index contributed by atoms with van der Waals surface area (Å²) in [5.74, 6) is 0.702. The highest BCUT2D eigenvalue weighted by atomic mass is 15.5. The molecule has 2 N–H and O–H groups in total. The van der Waals surface area contributed by atoms with Crippen molar-refractivity contribution in [2.45, 2.75) is 13.5 Å². The quantitative estimate of drug-likeness (QED) is 0.729. The fourth-order valence-corrected chi connectivity index (χ4v) is 1.96. The molecule has 2 aromatic heterocycles. The second-order valence-electron chi connectivity index (χ2n) is 4.59. The van der Waals surface area contributed by atoms with Crippen LogP contribution in [0.2, 0.25) is 0 Å². The van der Waals surface area contributed by atoms with Crippen molar-refractivity contribution >= 4 is 5.69 Å². The molecule has 0 aliphatic rings. The monoisotopic (exact) mass is 266 g/mol. The molecule has 0 atom stereocenters. The summed E-state index contributed by atoms with van der Waals surface area (Å²) in [5.41, 5.74) is 9.72. The van der Waals surface area contributed by atoms with E-state index in [-0.39, 0.29) is 0 Å². The van der Waals surface area contributed by atoms with Gasteiger partial charge >= 0.3 is 0 Å². The number of hydrogen-bond acceptors (Lipinski definition) is 5. The fourth-order valence-electron chi connectivity index (χ4n) is 1.96. The van der Waals surface area contributed by atoms with Crippen LogP contribution in [0.1, 0.15) is 11.1 Å². The lowest BCUT2D eigenvalue weighted by molar-refractivity contribution is 0.653. The molecule has 0 aliphatic heterocycles. The molecule has 6 nitrogen and oxygen atoms in total. The van der Waals surface area contributed by atoms with E-state index in [0.29, 0.717) is 12.4 Å². The summed E-state index contributed by atoms with van der Waals surface area (Å²) in [6.45, 7) is 2.57. The fraction of sp³-hybridized carbons (Fsp3) is 0.143. The molecule has 20 heavy (non-hydrogen) atoms. The van der Waals surface area contributed by atoms with Gasteiger partial charge in [0.15, 0.2) is 5.82 Å². The van der Waals surface area contributed by atoms with Gasteiger partial charge in [0, 0.05) is 23.6 Å². The number of tetrazole rings is 1. The van der Waals surface area contributed by atoms with Gasteiger partial charge in [-0.2, -0.15) is 0 Å². The number of nitrogen functional groups attached to an aromatic ring is 1. The maximum absolute atomic E-state index is 5.94. The highest BCUT2D eigenvalue weighted by Gasteiger charge is 2.10. The summed E-state index contributed by atoms with van der Waals surface area (Å²) >= 11 is 0. The summed E-state index contributed by atoms with van der Waals surface area (Å²) in [6, 6.07) is 9.71. The Kier molecular flexibility index (Phi) is 3.12. The maximum Gasteiger partial charge on any atom is 0.182 e. The topological polar surface area (TPSA) is 82.5 Å². The Morgan fingerprint density at radius 2 is 1.95 bits per heavy atom. The van der Waals surface area contributed by atoms with E-state index in [1.165, 1.54) is 0 Å². The number of nitrogens with zero attached hydrogens (tertiary/aromatic N) is 5. The predicted octanol–water partition coefficient (Wildman–Crippen LogP) is 1.67. The van der Waals surface area contributed by atoms with Crippen LogP contribution in [0.5, 0.6) is 0 Å². The maximum atomic E-state index is 5.94. The van der Waals surface area contributed by atoms with E-state index < -0.39 is 0 Å². The highest BCUT2D eigenvalue weighted by molar-refractivity contribution is 5.63. The molecule has 1 aromatic carbocycles. The minimum absolute atomic E-state index is 0.596. The SMILES string of the molecule is Cc1ccc(-c2nnnn2Cc2ccncc2)cc1N. The number of hydrogen-bond donors (Lipinski definition) is 1. The molecule has 0 fully saturated rings. The van der Waals surface area contributed by atoms with E-state index in [1.54, 1.807) is 17.1 Å². The van der Waals surface area contributed by atoms with Crippen molar-refractivity contribution in [1.29, 1.82) is 0 Å². The second kappa shape index (κ2) is 5.08. The number of pyridine rings is 1. The molecule has 0 unspecified atom stereocenters. The van der Waals surface area contributed by atoms with Gasteiger partial charge in [0.2, 0.25) is 0 Å². The van der Waals surface area contributed by atoms with Gasteiger partial charge in [-0.3, -0.25) is 4.98 Å². The molecule has 3 rings (SSSR count). The molecule has 2 heterocycles. The van der Waals surface area contributed by atoms with E-state index in [9.17, 15) is 0 Å². The molecule has 0 bridgehead atoms. The van der Waals surface area contributed by atoms with Crippen LogP contribution in [0, 0.1) is 6.92 Å². The van der Waals surface area contributed by atoms with Crippen molar-refractivity contribution in [3.05, 3.63) is 53.9 Å². The van der Waals surface area contributed by atoms with Crippen molar-refractivity contribution in [2.24, 2.45) is 0 Å². The summed E-state index contributed by atoms with van der Waals surface area (Å²) < 4.78 is 1.75. The van der Waals surface area contributed by atoms with Gasteiger partial charge in [0.05, 0.1) is 6.54 Å². The van der Waals surface area contributed by atoms with Crippen LogP contribution in [0.25, 0.3) is 11.4 Å². The molecule has 3 aromatic rings. The summed E-state index contributed by atoms with van der Waals surface area (Å²) in [6.07, 6.45) is 3.51. The van der Waals surface area contributed by atoms with Gasteiger partial charge < -0.3 is 5.73 Å². The van der Waals surface area contributed by atoms with Crippen LogP contribution in [-0.4, -0.2) is 25.2 Å². The van der Waals surface area contributed by atoms with Crippen molar-refractivity contribution in [1.82, 2.24) is 25.2 Å². The largest absolute Gasteiger partial charge is 0.398 e. The van der Waals surface area contributed by atoms with E-state index in [4.69, 9.17) is 5.73 Å². The molecule has 0 saturated heterocycles. The number of benzene rings is 1. The van der Waals surface area contributed by atoms with Gasteiger partial charge in [0.1, 0.15) is 0 Å². The Morgan fingerprint density at radius 3 is 2.70 bits per heavy atom. The first-order valence-electron chi connectivity index (χ1n) is 6.25. The molecule has 0 spiro atoms. The van der Waals surface area contributed by atoms with Crippen LogP contribution in [0.3, 0.4) is 0 Å². The standard InChI is InChI=1S/C14H14N6/c1-10-2-3-12(8-13(10)15)14-17-18-19-20(14)9-11-4-6-16-7-5-11/h2-8H,9,15H2,1H3. The van der Waals surface area contributed by atoms with Crippen molar-refractivity contribution in [3.63, 3.8) is 0 Å². The third-order valence-electron chi connectivity index (χ3n) is 3.15. The number of nitrogens with two attached hydrogens (primary N) is 1. The first-order valence-corrected chi connectivity index (χ1v) is 6.25. The number of aromatic nitrogens is 5. The molecular formula is C14H14N6. The summed E-state index contributed by atoms with van der Waals surface area (Å²) in [5, 5.41) is 11.9. The van der Waals surface area contributed by atoms with Crippen LogP contribution in [-0.2, 0) is 6.54 Å². The van der Waals surface area contributed by atoms with E-state index in [1.807, 2.05) is 37.3 Å². The Bertz CT molecular complexity index is 720. The number of rotatable bonds is 3. The molecular weight excluding hydrogens is 252 g/mol. The van der Waals surface area contributed by atoms with Crippen LogP contribution >= 0.6 is 0 Å². The smallest absolute Gasteiger partial charge is 0.182 e. The first-order chi connectivity index (χ1) is 9.74. The van der Waals surface area contributed by atoms with Crippen molar-refractivity contribution < 1.29 is 0 Å². The molecule has 0 radical (unpaired) electrons. The average Bonchev–Trinajstić information content (AvgIpc) is 2.91. The average molecular weight is 266 g/mol. The van der Waals surface area contributed by atoms with Crippen LogP contribution in [0.15, 0.2) is 42.7 Å². The zero-order valence-corrected chi connectivity index (χ0v) is 11.1. The first kappa shape index (κ1) is 12.3. The summed E-state index contributed by atoms with van der Waals surface area (Å²) in [7, 11) is 0. The van der Waals surface area contributed by atoms with Gasteiger partial charge in [-0.15, -0.1) is 5.10 Å². The van der Waals surface area contributed by atoms with Gasteiger partial charge in [-0.05, 0) is 46.7 Å². The number of aryl methyl sites for hydroxylation is 1. The minimum Gasteiger partial charge on any atom is -0.398 e.